The summed E-state index contributed by atoms with van der Waals surface area (Å²) in [6.45, 7) is 0.797. The smallest absolute Gasteiger partial charge is 0.180 e. The summed E-state index contributed by atoms with van der Waals surface area (Å²) >= 11 is 9.96. The Labute approximate surface area is 113 Å². The van der Waals surface area contributed by atoms with E-state index in [4.69, 9.17) is 34.3 Å². The monoisotopic (exact) mass is 292 g/mol. The molecule has 4 unspecified atom stereocenters. The molecule has 0 spiro atoms. The Bertz CT molecular complexity index is 557. The van der Waals surface area contributed by atoms with Crippen molar-refractivity contribution < 1.29 is 19.3 Å². The van der Waals surface area contributed by atoms with Crippen LogP contribution >= 0.6 is 24.4 Å². The fourth-order valence-electron chi connectivity index (χ4n) is 1.98. The van der Waals surface area contributed by atoms with E-state index in [1.807, 2.05) is 0 Å². The number of aromatic nitrogens is 2. The van der Waals surface area contributed by atoms with Crippen LogP contribution in [0, 0.1) is 9.41 Å². The van der Waals surface area contributed by atoms with Crippen molar-refractivity contribution in [3.8, 4) is 0 Å². The maximum Gasteiger partial charge on any atom is 0.180 e. The Hall–Kier alpha value is -0.670. The van der Waals surface area contributed by atoms with Gasteiger partial charge in [-0.25, -0.2) is 4.39 Å². The summed E-state index contributed by atoms with van der Waals surface area (Å²) in [7, 11) is 0. The van der Waals surface area contributed by atoms with Crippen LogP contribution in [-0.2, 0) is 4.74 Å². The van der Waals surface area contributed by atoms with E-state index in [0.29, 0.717) is 4.64 Å². The Morgan fingerprint density at radius 1 is 1.61 bits per heavy atom. The van der Waals surface area contributed by atoms with E-state index in [-0.39, 0.29) is 4.77 Å². The molecule has 4 atom stereocenters. The molecule has 0 bridgehead atoms. The van der Waals surface area contributed by atoms with Crippen LogP contribution in [0.3, 0.4) is 0 Å². The molecule has 0 radical (unpaired) electrons. The van der Waals surface area contributed by atoms with Crippen molar-refractivity contribution in [2.75, 3.05) is 6.61 Å². The molecule has 1 saturated heterocycles. The highest BCUT2D eigenvalue weighted by Crippen LogP contribution is 2.39. The molecular weight excluding hydrogens is 279 g/mol. The highest BCUT2D eigenvalue weighted by Gasteiger charge is 2.54. The second kappa shape index (κ2) is 4.78. The average molecular weight is 292 g/mol. The minimum atomic E-state index is -1.78. The van der Waals surface area contributed by atoms with Gasteiger partial charge in [-0.1, -0.05) is 12.2 Å². The number of rotatable bonds is 2. The van der Waals surface area contributed by atoms with Gasteiger partial charge in [0.2, 0.25) is 0 Å². The lowest BCUT2D eigenvalue weighted by Gasteiger charge is -2.27. The van der Waals surface area contributed by atoms with Crippen LogP contribution in [0.25, 0.3) is 0 Å². The maximum absolute atomic E-state index is 13.9. The number of aromatic amines is 1. The third kappa shape index (κ3) is 2.14. The molecule has 0 aliphatic carbocycles. The topological polar surface area (TPSA) is 70.4 Å². The van der Waals surface area contributed by atoms with Gasteiger partial charge in [-0.05, 0) is 25.2 Å². The van der Waals surface area contributed by atoms with Gasteiger partial charge in [-0.2, -0.15) is 0 Å². The summed E-state index contributed by atoms with van der Waals surface area (Å²) in [4.78, 5) is 2.72. The third-order valence-corrected chi connectivity index (χ3v) is 3.52. The molecule has 1 aliphatic rings. The molecule has 8 heteroatoms. The number of ether oxygens (including phenoxy) is 1. The third-order valence-electron chi connectivity index (χ3n) is 2.97. The largest absolute Gasteiger partial charge is 0.394 e. The summed E-state index contributed by atoms with van der Waals surface area (Å²) in [5, 5.41) is 19.2. The number of alkyl halides is 1. The standard InChI is InChI=1S/C10H13FN2O3S2/c1-10(15)7(11)5(4-14)16-8(10)13-3-2-6(17)12-9(13)18/h2-3,5,7-8,14-15H,4H2,1H3,(H,12,17,18). The lowest BCUT2D eigenvalue weighted by Crippen LogP contribution is -2.41. The first-order valence-corrected chi connectivity index (χ1v) is 6.14. The van der Waals surface area contributed by atoms with Crippen LogP contribution in [0.5, 0.6) is 0 Å². The van der Waals surface area contributed by atoms with Gasteiger partial charge in [0.1, 0.15) is 16.3 Å². The van der Waals surface area contributed by atoms with Crippen LogP contribution < -0.4 is 0 Å². The fourth-order valence-corrected chi connectivity index (χ4v) is 2.47. The first-order valence-electron chi connectivity index (χ1n) is 5.32. The van der Waals surface area contributed by atoms with Gasteiger partial charge in [-0.15, -0.1) is 0 Å². The minimum Gasteiger partial charge on any atom is -0.394 e. The molecule has 18 heavy (non-hydrogen) atoms. The lowest BCUT2D eigenvalue weighted by atomic mass is 9.98. The molecule has 0 amide bonds. The molecule has 3 N–H and O–H groups in total. The molecule has 0 aromatic carbocycles. The summed E-state index contributed by atoms with van der Waals surface area (Å²) < 4.78 is 21.2. The predicted octanol–water partition coefficient (Wildman–Crippen LogP) is 1.25. The quantitative estimate of drug-likeness (QED) is 0.716. The van der Waals surface area contributed by atoms with Crippen molar-refractivity contribution in [2.24, 2.45) is 0 Å². The Morgan fingerprint density at radius 2 is 2.28 bits per heavy atom. The van der Waals surface area contributed by atoms with Crippen molar-refractivity contribution >= 4 is 24.4 Å². The van der Waals surface area contributed by atoms with E-state index in [9.17, 15) is 9.50 Å². The van der Waals surface area contributed by atoms with E-state index < -0.39 is 30.7 Å². The van der Waals surface area contributed by atoms with Crippen LogP contribution in [0.1, 0.15) is 13.2 Å². The predicted molar refractivity (Wildman–Crippen MR) is 67.0 cm³/mol. The number of aliphatic hydroxyl groups is 2. The first-order chi connectivity index (χ1) is 8.37. The molecule has 5 nitrogen and oxygen atoms in total. The molecule has 2 rings (SSSR count). The van der Waals surface area contributed by atoms with Gasteiger partial charge < -0.3 is 19.9 Å². The van der Waals surface area contributed by atoms with Crippen LogP contribution in [0.15, 0.2) is 12.3 Å². The number of hydrogen-bond donors (Lipinski definition) is 3. The molecule has 1 aromatic rings. The second-order valence-corrected chi connectivity index (χ2v) is 5.18. The fraction of sp³-hybridized carbons (Fsp3) is 0.600. The number of nitrogens with one attached hydrogen (secondary N) is 1. The maximum atomic E-state index is 13.9. The van der Waals surface area contributed by atoms with E-state index in [1.165, 1.54) is 17.7 Å². The summed E-state index contributed by atoms with van der Waals surface area (Å²) in [5.74, 6) is 0. The zero-order valence-electron chi connectivity index (χ0n) is 9.54. The zero-order chi connectivity index (χ0) is 13.5. The van der Waals surface area contributed by atoms with E-state index in [2.05, 4.69) is 4.98 Å². The lowest BCUT2D eigenvalue weighted by molar-refractivity contribution is -0.0923. The highest BCUT2D eigenvalue weighted by molar-refractivity contribution is 7.72. The second-order valence-electron chi connectivity index (χ2n) is 4.35. The summed E-state index contributed by atoms with van der Waals surface area (Å²) in [6, 6.07) is 1.56. The molecule has 1 aliphatic heterocycles. The summed E-state index contributed by atoms with van der Waals surface area (Å²) in [6.07, 6.45) is -2.26. The van der Waals surface area contributed by atoms with Crippen molar-refractivity contribution in [3.05, 3.63) is 21.7 Å². The number of hydrogen-bond acceptors (Lipinski definition) is 5. The van der Waals surface area contributed by atoms with E-state index >= 15 is 0 Å². The highest BCUT2D eigenvalue weighted by atomic mass is 32.1. The molecular formula is C10H13FN2O3S2. The zero-order valence-corrected chi connectivity index (χ0v) is 11.2. The Balaban J connectivity index is 2.45. The summed E-state index contributed by atoms with van der Waals surface area (Å²) in [5.41, 5.74) is -1.78. The van der Waals surface area contributed by atoms with Gasteiger partial charge >= 0.3 is 0 Å². The number of H-pyrrole nitrogens is 1. The number of aliphatic hydroxyl groups excluding tert-OH is 1. The van der Waals surface area contributed by atoms with Gasteiger partial charge in [0.25, 0.3) is 0 Å². The normalized spacial score (nSPS) is 35.9. The Kier molecular flexibility index (Phi) is 3.65. The molecule has 0 saturated carbocycles. The van der Waals surface area contributed by atoms with Gasteiger partial charge in [-0.3, -0.25) is 4.57 Å². The van der Waals surface area contributed by atoms with Gasteiger partial charge in [0, 0.05) is 6.20 Å². The van der Waals surface area contributed by atoms with Crippen LogP contribution in [0.4, 0.5) is 4.39 Å². The molecule has 1 fully saturated rings. The molecule has 2 heterocycles. The molecule has 100 valence electrons. The van der Waals surface area contributed by atoms with E-state index in [1.54, 1.807) is 6.07 Å². The number of halogens is 1. The number of nitrogens with zero attached hydrogens (tertiary/aromatic N) is 1. The van der Waals surface area contributed by atoms with Crippen molar-refractivity contribution in [3.63, 3.8) is 0 Å². The van der Waals surface area contributed by atoms with Crippen molar-refractivity contribution in [2.45, 2.75) is 31.0 Å². The van der Waals surface area contributed by atoms with E-state index in [0.717, 1.165) is 0 Å². The average Bonchev–Trinajstić information content (AvgIpc) is 2.52. The van der Waals surface area contributed by atoms with Crippen LogP contribution in [0.2, 0.25) is 0 Å². The van der Waals surface area contributed by atoms with Crippen LogP contribution in [-0.4, -0.2) is 44.2 Å². The van der Waals surface area contributed by atoms with Crippen molar-refractivity contribution in [1.29, 1.82) is 0 Å². The van der Waals surface area contributed by atoms with Gasteiger partial charge in [0.05, 0.1) is 6.61 Å². The first kappa shape index (κ1) is 13.8. The SMILES string of the molecule is CC1(O)C(F)C(CO)OC1n1ccc(=S)[nH]c1=S. The minimum absolute atomic E-state index is 0.221. The van der Waals surface area contributed by atoms with Crippen molar-refractivity contribution in [1.82, 2.24) is 9.55 Å². The Morgan fingerprint density at radius 3 is 2.78 bits per heavy atom. The molecule has 1 aromatic heterocycles. The van der Waals surface area contributed by atoms with Gasteiger partial charge in [0.15, 0.2) is 17.2 Å².